The summed E-state index contributed by atoms with van der Waals surface area (Å²) in [5, 5.41) is 7.53. The number of anilines is 2. The molecule has 4 rings (SSSR count). The van der Waals surface area contributed by atoms with Gasteiger partial charge in [0.1, 0.15) is 5.69 Å². The highest BCUT2D eigenvalue weighted by Crippen LogP contribution is 2.37. The van der Waals surface area contributed by atoms with Crippen LogP contribution in [-0.4, -0.2) is 21.0 Å². The molecule has 0 atom stereocenters. The Labute approximate surface area is 171 Å². The molecule has 0 unspecified atom stereocenters. The van der Waals surface area contributed by atoms with Crippen LogP contribution in [-0.2, 0) is 11.2 Å². The van der Waals surface area contributed by atoms with Crippen molar-refractivity contribution in [2.75, 3.05) is 11.1 Å². The van der Waals surface area contributed by atoms with Crippen molar-refractivity contribution in [1.29, 1.82) is 0 Å². The minimum absolute atomic E-state index is 0.104. The number of carbonyl (C=O) groups is 1. The minimum atomic E-state index is -0.238. The number of benzene rings is 2. The Hall–Kier alpha value is -3.71. The van der Waals surface area contributed by atoms with E-state index in [-0.39, 0.29) is 24.2 Å². The average molecular weight is 406 g/mol. The Morgan fingerprint density at radius 1 is 1.07 bits per heavy atom. The highest BCUT2D eigenvalue weighted by molar-refractivity contribution is 6.30. The van der Waals surface area contributed by atoms with Crippen LogP contribution in [0.4, 0.5) is 11.8 Å². The van der Waals surface area contributed by atoms with Crippen molar-refractivity contribution < 1.29 is 9.32 Å². The topological polar surface area (TPSA) is 107 Å². The lowest BCUT2D eigenvalue weighted by molar-refractivity contribution is -0.115. The summed E-state index contributed by atoms with van der Waals surface area (Å²) in [4.78, 5) is 20.7. The summed E-state index contributed by atoms with van der Waals surface area (Å²) in [5.41, 5.74) is 8.90. The summed E-state index contributed by atoms with van der Waals surface area (Å²) < 4.78 is 5.47. The maximum atomic E-state index is 12.5. The number of nitrogen functional groups attached to an aromatic ring is 1. The zero-order valence-corrected chi connectivity index (χ0v) is 15.9. The van der Waals surface area contributed by atoms with Crippen LogP contribution in [0.15, 0.2) is 71.4 Å². The second kappa shape index (κ2) is 8.12. The van der Waals surface area contributed by atoms with E-state index in [2.05, 4.69) is 20.4 Å². The van der Waals surface area contributed by atoms with Crippen LogP contribution in [0.2, 0.25) is 5.02 Å². The van der Waals surface area contributed by atoms with Gasteiger partial charge in [-0.05, 0) is 23.8 Å². The van der Waals surface area contributed by atoms with Crippen molar-refractivity contribution in [3.8, 4) is 22.5 Å². The Bertz CT molecular complexity index is 1140. The average Bonchev–Trinajstić information content (AvgIpc) is 3.12. The predicted molar refractivity (Wildman–Crippen MR) is 111 cm³/mol. The van der Waals surface area contributed by atoms with E-state index < -0.39 is 0 Å². The molecule has 7 nitrogen and oxygen atoms in total. The lowest BCUT2D eigenvalue weighted by atomic mass is 10.0. The first-order valence-corrected chi connectivity index (χ1v) is 9.16. The van der Waals surface area contributed by atoms with Gasteiger partial charge in [0.15, 0.2) is 0 Å². The molecule has 0 fully saturated rings. The monoisotopic (exact) mass is 405 g/mol. The summed E-state index contributed by atoms with van der Waals surface area (Å²) in [6, 6.07) is 18.2. The zero-order chi connectivity index (χ0) is 20.2. The number of hydrogen-bond donors (Lipinski definition) is 2. The zero-order valence-electron chi connectivity index (χ0n) is 15.2. The number of nitrogens with two attached hydrogens (primary N) is 1. The van der Waals surface area contributed by atoms with Crippen molar-refractivity contribution in [1.82, 2.24) is 15.1 Å². The largest absolute Gasteiger partial charge is 0.368 e. The smallest absolute Gasteiger partial charge is 0.241 e. The molecule has 0 bridgehead atoms. The number of nitrogens with zero attached hydrogens (tertiary/aromatic N) is 3. The van der Waals surface area contributed by atoms with Crippen LogP contribution < -0.4 is 11.1 Å². The molecule has 0 spiro atoms. The third kappa shape index (κ3) is 4.25. The first-order chi connectivity index (χ1) is 14.1. The number of nitrogens with one attached hydrogen (secondary N) is 1. The van der Waals surface area contributed by atoms with Crippen LogP contribution in [0.3, 0.4) is 0 Å². The van der Waals surface area contributed by atoms with Crippen molar-refractivity contribution in [2.24, 2.45) is 0 Å². The number of halogens is 1. The number of amides is 1. The van der Waals surface area contributed by atoms with Gasteiger partial charge >= 0.3 is 0 Å². The first kappa shape index (κ1) is 18.6. The van der Waals surface area contributed by atoms with E-state index in [4.69, 9.17) is 21.9 Å². The van der Waals surface area contributed by atoms with Gasteiger partial charge in [-0.2, -0.15) is 0 Å². The van der Waals surface area contributed by atoms with E-state index >= 15 is 0 Å². The third-order valence-electron chi connectivity index (χ3n) is 4.20. The molecule has 4 aromatic rings. The molecule has 2 aromatic heterocycles. The van der Waals surface area contributed by atoms with Gasteiger partial charge in [-0.3, -0.25) is 10.1 Å². The fraction of sp³-hybridized carbons (Fsp3) is 0.0476. The Kier molecular flexibility index (Phi) is 5.22. The lowest BCUT2D eigenvalue weighted by Gasteiger charge is -2.06. The maximum absolute atomic E-state index is 12.5. The van der Waals surface area contributed by atoms with Crippen LogP contribution in [0.25, 0.3) is 22.5 Å². The molecule has 2 aromatic carbocycles. The second-order valence-electron chi connectivity index (χ2n) is 6.25. The fourth-order valence-electron chi connectivity index (χ4n) is 2.88. The van der Waals surface area contributed by atoms with E-state index in [9.17, 15) is 4.79 Å². The summed E-state index contributed by atoms with van der Waals surface area (Å²) in [6.07, 6.45) is 1.73. The minimum Gasteiger partial charge on any atom is -0.368 e. The van der Waals surface area contributed by atoms with Gasteiger partial charge in [-0.25, -0.2) is 9.97 Å². The van der Waals surface area contributed by atoms with Gasteiger partial charge in [0, 0.05) is 16.8 Å². The van der Waals surface area contributed by atoms with Gasteiger partial charge in [0.25, 0.3) is 0 Å². The fourth-order valence-corrected chi connectivity index (χ4v) is 3.01. The van der Waals surface area contributed by atoms with Gasteiger partial charge in [-0.1, -0.05) is 59.2 Å². The van der Waals surface area contributed by atoms with Gasteiger partial charge in [-0.15, -0.1) is 0 Å². The number of carbonyl (C=O) groups excluding carboxylic acids is 1. The molecule has 0 saturated heterocycles. The Morgan fingerprint density at radius 3 is 2.55 bits per heavy atom. The summed E-state index contributed by atoms with van der Waals surface area (Å²) in [6.45, 7) is 0. The van der Waals surface area contributed by atoms with Crippen LogP contribution >= 0.6 is 11.6 Å². The standard InChI is InChI=1S/C21H16ClN5O2/c22-15-8-6-14(7-9-15)19-18(16-10-11-24-21(23)25-16)20(29-27-19)26-17(28)12-13-4-2-1-3-5-13/h1-11H,12H2,(H,26,28)(H2,23,24,25). The van der Waals surface area contributed by atoms with E-state index in [0.717, 1.165) is 11.1 Å². The third-order valence-corrected chi connectivity index (χ3v) is 4.45. The van der Waals surface area contributed by atoms with Gasteiger partial charge in [0.2, 0.25) is 17.7 Å². The highest BCUT2D eigenvalue weighted by atomic mass is 35.5. The van der Waals surface area contributed by atoms with Crippen molar-refractivity contribution >= 4 is 29.3 Å². The SMILES string of the molecule is Nc1nccc(-c2c(-c3ccc(Cl)cc3)noc2NC(=O)Cc2ccccc2)n1. The summed E-state index contributed by atoms with van der Waals surface area (Å²) in [7, 11) is 0. The van der Waals surface area contributed by atoms with E-state index in [1.165, 1.54) is 6.20 Å². The molecule has 0 radical (unpaired) electrons. The molecule has 0 aliphatic carbocycles. The van der Waals surface area contributed by atoms with Crippen LogP contribution in [0.5, 0.6) is 0 Å². The number of hydrogen-bond acceptors (Lipinski definition) is 6. The van der Waals surface area contributed by atoms with E-state index in [1.807, 2.05) is 42.5 Å². The molecule has 2 heterocycles. The molecular weight excluding hydrogens is 390 g/mol. The van der Waals surface area contributed by atoms with Gasteiger partial charge < -0.3 is 10.3 Å². The second-order valence-corrected chi connectivity index (χ2v) is 6.69. The molecule has 1 amide bonds. The Balaban J connectivity index is 1.72. The van der Waals surface area contributed by atoms with Crippen molar-refractivity contribution in [3.63, 3.8) is 0 Å². The number of aromatic nitrogens is 3. The lowest BCUT2D eigenvalue weighted by Crippen LogP contribution is -2.14. The van der Waals surface area contributed by atoms with Crippen molar-refractivity contribution in [2.45, 2.75) is 6.42 Å². The molecular formula is C21H16ClN5O2. The predicted octanol–water partition coefficient (Wildman–Crippen LogP) is 4.22. The first-order valence-electron chi connectivity index (χ1n) is 8.78. The molecule has 3 N–H and O–H groups in total. The normalized spacial score (nSPS) is 10.7. The number of rotatable bonds is 5. The molecule has 29 heavy (non-hydrogen) atoms. The molecule has 0 aliphatic rings. The highest BCUT2D eigenvalue weighted by Gasteiger charge is 2.22. The van der Waals surface area contributed by atoms with Crippen LogP contribution in [0, 0.1) is 0 Å². The molecule has 0 aliphatic heterocycles. The van der Waals surface area contributed by atoms with E-state index in [1.54, 1.807) is 18.2 Å². The summed E-state index contributed by atoms with van der Waals surface area (Å²) >= 11 is 5.99. The molecule has 144 valence electrons. The van der Waals surface area contributed by atoms with Crippen LogP contribution in [0.1, 0.15) is 5.56 Å². The summed E-state index contributed by atoms with van der Waals surface area (Å²) in [5.74, 6) is 0.0552. The molecule has 8 heteroatoms. The maximum Gasteiger partial charge on any atom is 0.241 e. The van der Waals surface area contributed by atoms with Crippen molar-refractivity contribution in [3.05, 3.63) is 77.4 Å². The van der Waals surface area contributed by atoms with E-state index in [0.29, 0.717) is 22.0 Å². The molecule has 0 saturated carbocycles. The van der Waals surface area contributed by atoms with Gasteiger partial charge in [0.05, 0.1) is 17.7 Å². The Morgan fingerprint density at radius 2 is 1.83 bits per heavy atom. The quantitative estimate of drug-likeness (QED) is 0.515.